The molecule has 0 unspecified atom stereocenters. The Labute approximate surface area is 230 Å². The van der Waals surface area contributed by atoms with Crippen LogP contribution in [-0.4, -0.2) is 54.1 Å². The number of nitrogens with zero attached hydrogens (tertiary/aromatic N) is 5. The number of halogens is 3. The minimum atomic E-state index is -1.08. The van der Waals surface area contributed by atoms with Gasteiger partial charge in [-0.15, -0.1) is 0 Å². The van der Waals surface area contributed by atoms with Gasteiger partial charge in [-0.25, -0.2) is 8.78 Å². The molecule has 0 spiro atoms. The lowest BCUT2D eigenvalue weighted by Gasteiger charge is -2.37. The minimum absolute atomic E-state index is 0.0824. The molecule has 11 heteroatoms. The molecule has 1 N–H and O–H groups in total. The summed E-state index contributed by atoms with van der Waals surface area (Å²) < 4.78 is 29.9. The normalized spacial score (nSPS) is 20.1. The van der Waals surface area contributed by atoms with Gasteiger partial charge in [0.1, 0.15) is 28.0 Å². The zero-order chi connectivity index (χ0) is 28.4. The van der Waals surface area contributed by atoms with Crippen LogP contribution in [0.3, 0.4) is 0 Å². The first kappa shape index (κ1) is 27.2. The number of hydrogen-bond acceptors (Lipinski definition) is 5. The number of carbonyl (C=O) groups is 2. The summed E-state index contributed by atoms with van der Waals surface area (Å²) >= 11 is 5.60. The molecule has 0 radical (unpaired) electrons. The molecule has 206 valence electrons. The number of rotatable bonds is 4. The molecule has 2 amide bonds. The van der Waals surface area contributed by atoms with E-state index in [0.29, 0.717) is 29.9 Å². The lowest BCUT2D eigenvalue weighted by molar-refractivity contribution is 0.0572. The van der Waals surface area contributed by atoms with Crippen LogP contribution in [0.25, 0.3) is 0 Å². The predicted octanol–water partition coefficient (Wildman–Crippen LogP) is 4.80. The maximum absolute atomic E-state index is 14.1. The lowest BCUT2D eigenvalue weighted by Crippen LogP contribution is -2.45. The highest BCUT2D eigenvalue weighted by atomic mass is 35.5. The van der Waals surface area contributed by atoms with Crippen LogP contribution in [0.1, 0.15) is 90.1 Å². The van der Waals surface area contributed by atoms with E-state index >= 15 is 0 Å². The molecule has 1 aromatic carbocycles. The summed E-state index contributed by atoms with van der Waals surface area (Å²) in [5, 5.41) is 14.3. The number of aliphatic hydroxyl groups is 1. The number of aromatic nitrogens is 3. The van der Waals surface area contributed by atoms with Gasteiger partial charge in [0, 0.05) is 36.3 Å². The van der Waals surface area contributed by atoms with Gasteiger partial charge >= 0.3 is 0 Å². The molecule has 0 saturated heterocycles. The van der Waals surface area contributed by atoms with Crippen molar-refractivity contribution in [3.05, 3.63) is 80.9 Å². The topological polar surface area (TPSA) is 91.6 Å². The molecule has 0 fully saturated rings. The van der Waals surface area contributed by atoms with Gasteiger partial charge in [-0.1, -0.05) is 17.7 Å². The van der Waals surface area contributed by atoms with Gasteiger partial charge in [-0.3, -0.25) is 19.3 Å². The largest absolute Gasteiger partial charge is 0.384 e. The van der Waals surface area contributed by atoms with E-state index in [2.05, 4.69) is 4.98 Å². The van der Waals surface area contributed by atoms with Crippen molar-refractivity contribution in [1.29, 1.82) is 0 Å². The van der Waals surface area contributed by atoms with E-state index in [1.807, 2.05) is 26.8 Å². The van der Waals surface area contributed by atoms with Gasteiger partial charge in [-0.05, 0) is 58.4 Å². The monoisotopic (exact) mass is 557 g/mol. The second-order valence-corrected chi connectivity index (χ2v) is 11.4. The van der Waals surface area contributed by atoms with Gasteiger partial charge < -0.3 is 14.9 Å². The van der Waals surface area contributed by atoms with Crippen LogP contribution < -0.4 is 0 Å². The van der Waals surface area contributed by atoms with Crippen LogP contribution in [0.5, 0.6) is 0 Å². The van der Waals surface area contributed by atoms with Gasteiger partial charge in [0.25, 0.3) is 11.8 Å². The number of benzene rings is 1. The van der Waals surface area contributed by atoms with Crippen LogP contribution >= 0.6 is 11.6 Å². The maximum Gasteiger partial charge on any atom is 0.273 e. The Hall–Kier alpha value is -3.37. The molecule has 4 heterocycles. The van der Waals surface area contributed by atoms with Crippen molar-refractivity contribution in [3.8, 4) is 0 Å². The standard InChI is InChI=1S/C28H30ClF2N5O3/c1-14-8-22-19(13-34(14)26(37)18-9-20(30)24(29)21(31)10-18)25-27(38)35(12-15(2)36(25)33-22)16(3)17-6-7-23(32-11-17)28(4,5)39/h6-7,9-11,14-16,39H,8,12-13H2,1-5H3/t14-,15-,16-/m1/s1. The summed E-state index contributed by atoms with van der Waals surface area (Å²) in [6.45, 7) is 9.58. The summed E-state index contributed by atoms with van der Waals surface area (Å²) in [5.74, 6) is -2.78. The molecule has 3 aromatic rings. The Morgan fingerprint density at radius 2 is 1.85 bits per heavy atom. The van der Waals surface area contributed by atoms with Crippen molar-refractivity contribution in [2.75, 3.05) is 6.54 Å². The molecule has 8 nitrogen and oxygen atoms in total. The molecule has 2 aliphatic rings. The van der Waals surface area contributed by atoms with Crippen LogP contribution in [-0.2, 0) is 18.6 Å². The Morgan fingerprint density at radius 3 is 2.44 bits per heavy atom. The summed E-state index contributed by atoms with van der Waals surface area (Å²) in [5.41, 5.74) is 1.91. The summed E-state index contributed by atoms with van der Waals surface area (Å²) in [7, 11) is 0. The van der Waals surface area contributed by atoms with E-state index < -0.39 is 28.2 Å². The smallest absolute Gasteiger partial charge is 0.273 e. The van der Waals surface area contributed by atoms with E-state index in [1.165, 1.54) is 4.90 Å². The molecule has 2 aromatic heterocycles. The fourth-order valence-corrected chi connectivity index (χ4v) is 5.44. The van der Waals surface area contributed by atoms with Crippen molar-refractivity contribution < 1.29 is 23.5 Å². The average molecular weight is 558 g/mol. The van der Waals surface area contributed by atoms with E-state index in [4.69, 9.17) is 16.7 Å². The molecule has 0 bridgehead atoms. The molecular weight excluding hydrogens is 528 g/mol. The van der Waals surface area contributed by atoms with Gasteiger partial charge in [0.15, 0.2) is 0 Å². The minimum Gasteiger partial charge on any atom is -0.384 e. The fourth-order valence-electron chi connectivity index (χ4n) is 5.33. The molecule has 0 saturated carbocycles. The Bertz CT molecular complexity index is 1440. The molecular formula is C28H30ClF2N5O3. The van der Waals surface area contributed by atoms with Crippen LogP contribution in [0.4, 0.5) is 8.78 Å². The predicted molar refractivity (Wildman–Crippen MR) is 140 cm³/mol. The first-order chi connectivity index (χ1) is 18.3. The highest BCUT2D eigenvalue weighted by molar-refractivity contribution is 6.31. The Balaban J connectivity index is 1.45. The highest BCUT2D eigenvalue weighted by Gasteiger charge is 2.40. The maximum atomic E-state index is 14.1. The van der Waals surface area contributed by atoms with Crippen molar-refractivity contribution >= 4 is 23.4 Å². The number of amides is 2. The van der Waals surface area contributed by atoms with Crippen molar-refractivity contribution in [2.24, 2.45) is 0 Å². The second-order valence-electron chi connectivity index (χ2n) is 11.0. The number of fused-ring (bicyclic) bond motifs is 3. The Kier molecular flexibility index (Phi) is 6.75. The third-order valence-electron chi connectivity index (χ3n) is 7.64. The number of carbonyl (C=O) groups excluding carboxylic acids is 2. The molecule has 0 aliphatic carbocycles. The first-order valence-corrected chi connectivity index (χ1v) is 13.2. The van der Waals surface area contributed by atoms with Gasteiger partial charge in [0.05, 0.1) is 30.0 Å². The van der Waals surface area contributed by atoms with Crippen molar-refractivity contribution in [2.45, 2.75) is 71.3 Å². The zero-order valence-corrected chi connectivity index (χ0v) is 23.1. The summed E-state index contributed by atoms with van der Waals surface area (Å²) in [6, 6.07) is 4.75. The second kappa shape index (κ2) is 9.67. The van der Waals surface area contributed by atoms with E-state index in [0.717, 1.165) is 23.4 Å². The fraction of sp³-hybridized carbons (Fsp3) is 0.429. The van der Waals surface area contributed by atoms with Crippen LogP contribution in [0.15, 0.2) is 30.5 Å². The van der Waals surface area contributed by atoms with Gasteiger partial charge in [-0.2, -0.15) is 5.10 Å². The summed E-state index contributed by atoms with van der Waals surface area (Å²) in [4.78, 5) is 34.9. The van der Waals surface area contributed by atoms with Gasteiger partial charge in [0.2, 0.25) is 0 Å². The number of pyridine rings is 1. The molecule has 2 aliphatic heterocycles. The SMILES string of the molecule is C[C@@H]1Cc2nn3c(c2CN1C(=O)c1cc(F)c(Cl)c(F)c1)C(=O)N([C@H](C)c1ccc(C(C)(C)O)nc1)C[C@H]3C. The van der Waals surface area contributed by atoms with E-state index in [9.17, 15) is 23.5 Å². The van der Waals surface area contributed by atoms with Crippen molar-refractivity contribution in [3.63, 3.8) is 0 Å². The van der Waals surface area contributed by atoms with E-state index in [1.54, 1.807) is 35.7 Å². The average Bonchev–Trinajstić information content (AvgIpc) is 3.26. The molecule has 5 rings (SSSR count). The van der Waals surface area contributed by atoms with Crippen LogP contribution in [0, 0.1) is 11.6 Å². The summed E-state index contributed by atoms with van der Waals surface area (Å²) in [6.07, 6.45) is 2.07. The molecule has 39 heavy (non-hydrogen) atoms. The number of hydrogen-bond donors (Lipinski definition) is 1. The Morgan fingerprint density at radius 1 is 1.18 bits per heavy atom. The third-order valence-corrected chi connectivity index (χ3v) is 8.00. The molecule has 3 atom stereocenters. The third kappa shape index (κ3) is 4.69. The van der Waals surface area contributed by atoms with Crippen LogP contribution in [0.2, 0.25) is 5.02 Å². The lowest BCUT2D eigenvalue weighted by atomic mass is 9.96. The van der Waals surface area contributed by atoms with Crippen molar-refractivity contribution in [1.82, 2.24) is 24.6 Å². The quantitative estimate of drug-likeness (QED) is 0.465. The zero-order valence-electron chi connectivity index (χ0n) is 22.4. The van der Waals surface area contributed by atoms with E-state index in [-0.39, 0.29) is 36.1 Å². The first-order valence-electron chi connectivity index (χ1n) is 12.8. The highest BCUT2D eigenvalue weighted by Crippen LogP contribution is 2.35.